The van der Waals surface area contributed by atoms with E-state index in [1.807, 2.05) is 0 Å². The van der Waals surface area contributed by atoms with E-state index < -0.39 is 11.6 Å². The number of benzene rings is 1. The average Bonchev–Trinajstić information content (AvgIpc) is 2.29. The number of Topliss-reactive ketones (excluding diaryl/α,β-unsaturated/α-hetero) is 1. The van der Waals surface area contributed by atoms with Gasteiger partial charge in [-0.25, -0.2) is 8.78 Å². The Morgan fingerprint density at radius 3 is 2.65 bits per heavy atom. The van der Waals surface area contributed by atoms with Crippen LogP contribution in [0.4, 0.5) is 8.78 Å². The maximum atomic E-state index is 13.3. The molecule has 0 radical (unpaired) electrons. The molecule has 0 N–H and O–H groups in total. The second-order valence-corrected chi connectivity index (χ2v) is 4.26. The van der Waals surface area contributed by atoms with Crippen LogP contribution in [0.3, 0.4) is 0 Å². The molecule has 0 aliphatic rings. The first kappa shape index (κ1) is 13.8. The second-order valence-electron chi connectivity index (χ2n) is 4.26. The molecule has 0 fully saturated rings. The van der Waals surface area contributed by atoms with Crippen LogP contribution in [0.2, 0.25) is 0 Å². The van der Waals surface area contributed by atoms with Gasteiger partial charge in [0.15, 0.2) is 0 Å². The SMILES string of the molecule is CCCCCCC(=O)Cc1cc(F)ccc1F. The quantitative estimate of drug-likeness (QED) is 0.657. The topological polar surface area (TPSA) is 17.1 Å². The molecule has 0 saturated heterocycles. The van der Waals surface area contributed by atoms with E-state index in [1.165, 1.54) is 0 Å². The molecule has 0 aromatic heterocycles. The standard InChI is InChI=1S/C14H18F2O/c1-2-3-4-5-6-13(17)10-11-9-12(15)7-8-14(11)16/h7-9H,2-6,10H2,1H3. The van der Waals surface area contributed by atoms with Gasteiger partial charge >= 0.3 is 0 Å². The number of ketones is 1. The van der Waals surface area contributed by atoms with E-state index in [-0.39, 0.29) is 17.8 Å². The molecule has 0 aliphatic carbocycles. The summed E-state index contributed by atoms with van der Waals surface area (Å²) in [5, 5.41) is 0. The Labute approximate surface area is 101 Å². The Morgan fingerprint density at radius 2 is 1.94 bits per heavy atom. The van der Waals surface area contributed by atoms with Crippen LogP contribution < -0.4 is 0 Å². The lowest BCUT2D eigenvalue weighted by Crippen LogP contribution is -2.04. The highest BCUT2D eigenvalue weighted by Crippen LogP contribution is 2.12. The van der Waals surface area contributed by atoms with Crippen LogP contribution in [0, 0.1) is 11.6 Å². The van der Waals surface area contributed by atoms with Gasteiger partial charge in [-0.1, -0.05) is 26.2 Å². The predicted octanol–water partition coefficient (Wildman–Crippen LogP) is 4.05. The smallest absolute Gasteiger partial charge is 0.137 e. The van der Waals surface area contributed by atoms with Gasteiger partial charge in [-0.15, -0.1) is 0 Å². The number of carbonyl (C=O) groups excluding carboxylic acids is 1. The molecule has 17 heavy (non-hydrogen) atoms. The van der Waals surface area contributed by atoms with Gasteiger partial charge in [-0.2, -0.15) is 0 Å². The van der Waals surface area contributed by atoms with Crippen molar-refractivity contribution in [2.75, 3.05) is 0 Å². The highest BCUT2D eigenvalue weighted by Gasteiger charge is 2.09. The fourth-order valence-electron chi connectivity index (χ4n) is 1.73. The first-order valence-corrected chi connectivity index (χ1v) is 6.09. The molecule has 0 spiro atoms. The Balaban J connectivity index is 2.42. The van der Waals surface area contributed by atoms with E-state index in [4.69, 9.17) is 0 Å². The van der Waals surface area contributed by atoms with E-state index in [9.17, 15) is 13.6 Å². The van der Waals surface area contributed by atoms with Crippen LogP contribution >= 0.6 is 0 Å². The third kappa shape index (κ3) is 5.07. The molecule has 0 aliphatic heterocycles. The zero-order valence-corrected chi connectivity index (χ0v) is 10.1. The van der Waals surface area contributed by atoms with Crippen molar-refractivity contribution in [1.29, 1.82) is 0 Å². The second kappa shape index (κ2) is 7.15. The number of halogens is 2. The summed E-state index contributed by atoms with van der Waals surface area (Å²) in [4.78, 5) is 11.6. The Morgan fingerprint density at radius 1 is 1.18 bits per heavy atom. The summed E-state index contributed by atoms with van der Waals surface area (Å²) in [6, 6.07) is 3.22. The molecule has 94 valence electrons. The largest absolute Gasteiger partial charge is 0.299 e. The van der Waals surface area contributed by atoms with Crippen LogP contribution in [-0.4, -0.2) is 5.78 Å². The van der Waals surface area contributed by atoms with Crippen molar-refractivity contribution < 1.29 is 13.6 Å². The van der Waals surface area contributed by atoms with Gasteiger partial charge in [-0.3, -0.25) is 4.79 Å². The molecule has 0 bridgehead atoms. The maximum Gasteiger partial charge on any atom is 0.137 e. The minimum absolute atomic E-state index is 0.00425. The summed E-state index contributed by atoms with van der Waals surface area (Å²) in [7, 11) is 0. The number of hydrogen-bond acceptors (Lipinski definition) is 1. The molecule has 0 saturated carbocycles. The third-order valence-corrected chi connectivity index (χ3v) is 2.70. The number of rotatable bonds is 7. The van der Waals surface area contributed by atoms with E-state index >= 15 is 0 Å². The van der Waals surface area contributed by atoms with E-state index in [0.717, 1.165) is 43.9 Å². The number of unbranched alkanes of at least 4 members (excludes halogenated alkanes) is 3. The van der Waals surface area contributed by atoms with Crippen molar-refractivity contribution in [3.63, 3.8) is 0 Å². The monoisotopic (exact) mass is 240 g/mol. The summed E-state index contributed by atoms with van der Waals surface area (Å²) in [6.07, 6.45) is 4.54. The molecule has 1 aromatic carbocycles. The molecule has 0 amide bonds. The first-order valence-electron chi connectivity index (χ1n) is 6.09. The normalized spacial score (nSPS) is 10.5. The lowest BCUT2D eigenvalue weighted by atomic mass is 10.0. The van der Waals surface area contributed by atoms with Crippen molar-refractivity contribution in [3.8, 4) is 0 Å². The molecule has 1 rings (SSSR count). The van der Waals surface area contributed by atoms with Gasteiger partial charge in [0.25, 0.3) is 0 Å². The minimum atomic E-state index is -0.506. The fraction of sp³-hybridized carbons (Fsp3) is 0.500. The van der Waals surface area contributed by atoms with E-state index in [1.54, 1.807) is 0 Å². The molecule has 0 atom stereocenters. The lowest BCUT2D eigenvalue weighted by molar-refractivity contribution is -0.118. The zero-order valence-electron chi connectivity index (χ0n) is 10.1. The van der Waals surface area contributed by atoms with Crippen LogP contribution in [0.1, 0.15) is 44.6 Å². The maximum absolute atomic E-state index is 13.3. The van der Waals surface area contributed by atoms with E-state index in [0.29, 0.717) is 6.42 Å². The summed E-state index contributed by atoms with van der Waals surface area (Å²) >= 11 is 0. The van der Waals surface area contributed by atoms with Gasteiger partial charge in [-0.05, 0) is 30.2 Å². The summed E-state index contributed by atoms with van der Waals surface area (Å²) in [5.41, 5.74) is 0.158. The molecule has 0 unspecified atom stereocenters. The molecule has 1 nitrogen and oxygen atoms in total. The average molecular weight is 240 g/mol. The van der Waals surface area contributed by atoms with Gasteiger partial charge < -0.3 is 0 Å². The highest BCUT2D eigenvalue weighted by molar-refractivity contribution is 5.80. The lowest BCUT2D eigenvalue weighted by Gasteiger charge is -2.03. The Bertz CT molecular complexity index is 374. The highest BCUT2D eigenvalue weighted by atomic mass is 19.1. The zero-order chi connectivity index (χ0) is 12.7. The summed E-state index contributed by atoms with van der Waals surface area (Å²) in [6.45, 7) is 2.10. The molecular formula is C14H18F2O. The Kier molecular flexibility index (Phi) is 5.81. The van der Waals surface area contributed by atoms with Gasteiger partial charge in [0.2, 0.25) is 0 Å². The first-order chi connectivity index (χ1) is 8.13. The Hall–Kier alpha value is -1.25. The van der Waals surface area contributed by atoms with Crippen molar-refractivity contribution >= 4 is 5.78 Å². The number of hydrogen-bond donors (Lipinski definition) is 0. The molecule has 3 heteroatoms. The van der Waals surface area contributed by atoms with Crippen molar-refractivity contribution in [2.45, 2.75) is 45.4 Å². The minimum Gasteiger partial charge on any atom is -0.299 e. The summed E-state index contributed by atoms with van der Waals surface area (Å²) in [5.74, 6) is -1.03. The fourth-order valence-corrected chi connectivity index (χ4v) is 1.73. The number of carbonyl (C=O) groups is 1. The van der Waals surface area contributed by atoms with Crippen molar-refractivity contribution in [1.82, 2.24) is 0 Å². The summed E-state index contributed by atoms with van der Waals surface area (Å²) < 4.78 is 26.1. The third-order valence-electron chi connectivity index (χ3n) is 2.70. The predicted molar refractivity (Wildman–Crippen MR) is 63.8 cm³/mol. The van der Waals surface area contributed by atoms with Crippen molar-refractivity contribution in [3.05, 3.63) is 35.4 Å². The van der Waals surface area contributed by atoms with Gasteiger partial charge in [0.05, 0.1) is 0 Å². The molecular weight excluding hydrogens is 222 g/mol. The molecule has 0 heterocycles. The molecule has 1 aromatic rings. The van der Waals surface area contributed by atoms with Gasteiger partial charge in [0.1, 0.15) is 17.4 Å². The van der Waals surface area contributed by atoms with Crippen LogP contribution in [0.5, 0.6) is 0 Å². The van der Waals surface area contributed by atoms with Crippen LogP contribution in [0.25, 0.3) is 0 Å². The van der Waals surface area contributed by atoms with Gasteiger partial charge in [0, 0.05) is 12.8 Å². The van der Waals surface area contributed by atoms with E-state index in [2.05, 4.69) is 6.92 Å². The van der Waals surface area contributed by atoms with Crippen LogP contribution in [0.15, 0.2) is 18.2 Å². The van der Waals surface area contributed by atoms with Crippen LogP contribution in [-0.2, 0) is 11.2 Å². The van der Waals surface area contributed by atoms with Crippen molar-refractivity contribution in [2.24, 2.45) is 0 Å².